The number of hydrogen-bond donors (Lipinski definition) is 2. The highest BCUT2D eigenvalue weighted by Gasteiger charge is 2.18. The van der Waals surface area contributed by atoms with E-state index < -0.39 is 0 Å². The summed E-state index contributed by atoms with van der Waals surface area (Å²) in [5.74, 6) is 0.922. The summed E-state index contributed by atoms with van der Waals surface area (Å²) in [6, 6.07) is 6.85. The summed E-state index contributed by atoms with van der Waals surface area (Å²) in [7, 11) is 2.02. The lowest BCUT2D eigenvalue weighted by atomic mass is 9.87. The molecular formula is C15H23NO2. The van der Waals surface area contributed by atoms with E-state index in [1.165, 1.54) is 24.0 Å². The van der Waals surface area contributed by atoms with E-state index in [1.54, 1.807) is 6.92 Å². The van der Waals surface area contributed by atoms with Crippen LogP contribution in [0.1, 0.15) is 43.4 Å². The first-order valence-electron chi connectivity index (χ1n) is 6.81. The second-order valence-corrected chi connectivity index (χ2v) is 5.08. The van der Waals surface area contributed by atoms with Gasteiger partial charge in [0.1, 0.15) is 5.75 Å². The van der Waals surface area contributed by atoms with Gasteiger partial charge in [-0.2, -0.15) is 0 Å². The van der Waals surface area contributed by atoms with Gasteiger partial charge in [-0.3, -0.25) is 0 Å². The SMILES string of the molecule is CNC1CCCc2cc(OCCC(C)O)ccc21. The molecule has 18 heavy (non-hydrogen) atoms. The summed E-state index contributed by atoms with van der Waals surface area (Å²) in [5, 5.41) is 12.6. The maximum atomic E-state index is 9.20. The van der Waals surface area contributed by atoms with E-state index in [0.717, 1.165) is 12.2 Å². The summed E-state index contributed by atoms with van der Waals surface area (Å²) in [5.41, 5.74) is 2.81. The molecule has 1 aliphatic rings. The van der Waals surface area contributed by atoms with Crippen molar-refractivity contribution in [2.75, 3.05) is 13.7 Å². The van der Waals surface area contributed by atoms with Crippen LogP contribution in [-0.2, 0) is 6.42 Å². The van der Waals surface area contributed by atoms with E-state index in [2.05, 4.69) is 17.4 Å². The van der Waals surface area contributed by atoms with Crippen molar-refractivity contribution in [3.63, 3.8) is 0 Å². The molecule has 0 spiro atoms. The molecule has 3 nitrogen and oxygen atoms in total. The molecule has 2 N–H and O–H groups in total. The van der Waals surface area contributed by atoms with Gasteiger partial charge in [0, 0.05) is 12.5 Å². The van der Waals surface area contributed by atoms with Crippen molar-refractivity contribution < 1.29 is 9.84 Å². The number of aryl methyl sites for hydroxylation is 1. The van der Waals surface area contributed by atoms with Gasteiger partial charge < -0.3 is 15.2 Å². The molecule has 2 unspecified atom stereocenters. The predicted octanol–water partition coefficient (Wildman–Crippen LogP) is 2.43. The van der Waals surface area contributed by atoms with Crippen molar-refractivity contribution in [1.29, 1.82) is 0 Å². The van der Waals surface area contributed by atoms with E-state index in [0.29, 0.717) is 19.1 Å². The minimum atomic E-state index is -0.295. The summed E-state index contributed by atoms with van der Waals surface area (Å²) >= 11 is 0. The van der Waals surface area contributed by atoms with Crippen LogP contribution in [0.25, 0.3) is 0 Å². The van der Waals surface area contributed by atoms with Crippen LogP contribution in [0, 0.1) is 0 Å². The van der Waals surface area contributed by atoms with E-state index in [4.69, 9.17) is 4.74 Å². The molecule has 100 valence electrons. The van der Waals surface area contributed by atoms with Crippen LogP contribution in [0.15, 0.2) is 18.2 Å². The molecule has 2 atom stereocenters. The zero-order valence-corrected chi connectivity index (χ0v) is 11.3. The van der Waals surface area contributed by atoms with Gasteiger partial charge in [0.05, 0.1) is 12.7 Å². The Hall–Kier alpha value is -1.06. The van der Waals surface area contributed by atoms with Crippen molar-refractivity contribution in [2.24, 2.45) is 0 Å². The Morgan fingerprint density at radius 1 is 1.50 bits per heavy atom. The van der Waals surface area contributed by atoms with E-state index in [1.807, 2.05) is 13.1 Å². The van der Waals surface area contributed by atoms with Crippen LogP contribution in [0.3, 0.4) is 0 Å². The first-order valence-corrected chi connectivity index (χ1v) is 6.81. The number of fused-ring (bicyclic) bond motifs is 1. The highest BCUT2D eigenvalue weighted by atomic mass is 16.5. The third-order valence-electron chi connectivity index (χ3n) is 3.58. The molecule has 1 aromatic rings. The number of hydrogen-bond acceptors (Lipinski definition) is 3. The van der Waals surface area contributed by atoms with Gasteiger partial charge in [0.25, 0.3) is 0 Å². The lowest BCUT2D eigenvalue weighted by molar-refractivity contribution is 0.155. The Kier molecular flexibility index (Phi) is 4.61. The van der Waals surface area contributed by atoms with Gasteiger partial charge in [-0.1, -0.05) is 6.07 Å². The Morgan fingerprint density at radius 2 is 2.33 bits per heavy atom. The topological polar surface area (TPSA) is 41.5 Å². The highest BCUT2D eigenvalue weighted by Crippen LogP contribution is 2.31. The van der Waals surface area contributed by atoms with Crippen LogP contribution >= 0.6 is 0 Å². The number of aliphatic hydroxyl groups is 1. The molecule has 0 heterocycles. The van der Waals surface area contributed by atoms with Crippen LogP contribution in [0.4, 0.5) is 0 Å². The van der Waals surface area contributed by atoms with Gasteiger partial charge >= 0.3 is 0 Å². The molecule has 1 aliphatic carbocycles. The fourth-order valence-electron chi connectivity index (χ4n) is 2.53. The predicted molar refractivity (Wildman–Crippen MR) is 73.0 cm³/mol. The molecule has 0 aromatic heterocycles. The molecule has 0 bridgehead atoms. The molecule has 0 aliphatic heterocycles. The Balaban J connectivity index is 2.02. The fourth-order valence-corrected chi connectivity index (χ4v) is 2.53. The minimum Gasteiger partial charge on any atom is -0.493 e. The molecule has 3 heteroatoms. The maximum absolute atomic E-state index is 9.20. The zero-order valence-electron chi connectivity index (χ0n) is 11.3. The third-order valence-corrected chi connectivity index (χ3v) is 3.58. The third kappa shape index (κ3) is 3.24. The normalized spacial score (nSPS) is 20.3. The van der Waals surface area contributed by atoms with Gasteiger partial charge in [-0.15, -0.1) is 0 Å². The number of aliphatic hydroxyl groups excluding tert-OH is 1. The number of ether oxygens (including phenoxy) is 1. The lowest BCUT2D eigenvalue weighted by Gasteiger charge is -2.25. The monoisotopic (exact) mass is 249 g/mol. The van der Waals surface area contributed by atoms with Crippen molar-refractivity contribution in [3.8, 4) is 5.75 Å². The summed E-state index contributed by atoms with van der Waals surface area (Å²) in [6.07, 6.45) is 3.97. The molecule has 0 saturated carbocycles. The first kappa shape index (κ1) is 13.4. The molecule has 0 amide bonds. The largest absolute Gasteiger partial charge is 0.493 e. The van der Waals surface area contributed by atoms with Crippen molar-refractivity contribution in [1.82, 2.24) is 5.32 Å². The molecule has 0 fully saturated rings. The first-order chi connectivity index (χ1) is 8.70. The molecule has 0 radical (unpaired) electrons. The molecule has 0 saturated heterocycles. The fraction of sp³-hybridized carbons (Fsp3) is 0.600. The Morgan fingerprint density at radius 3 is 3.06 bits per heavy atom. The lowest BCUT2D eigenvalue weighted by Crippen LogP contribution is -2.21. The van der Waals surface area contributed by atoms with E-state index in [-0.39, 0.29) is 6.10 Å². The number of rotatable bonds is 5. The van der Waals surface area contributed by atoms with Crippen LogP contribution < -0.4 is 10.1 Å². The Bertz CT molecular complexity index is 390. The van der Waals surface area contributed by atoms with Crippen molar-refractivity contribution in [2.45, 2.75) is 44.8 Å². The van der Waals surface area contributed by atoms with E-state index >= 15 is 0 Å². The Labute approximate surface area is 109 Å². The van der Waals surface area contributed by atoms with Gasteiger partial charge in [0.2, 0.25) is 0 Å². The molecular weight excluding hydrogens is 226 g/mol. The highest BCUT2D eigenvalue weighted by molar-refractivity contribution is 5.39. The maximum Gasteiger partial charge on any atom is 0.119 e. The van der Waals surface area contributed by atoms with Gasteiger partial charge in [-0.25, -0.2) is 0 Å². The van der Waals surface area contributed by atoms with E-state index in [9.17, 15) is 5.11 Å². The average molecular weight is 249 g/mol. The molecule has 2 rings (SSSR count). The smallest absolute Gasteiger partial charge is 0.119 e. The minimum absolute atomic E-state index is 0.295. The summed E-state index contributed by atoms with van der Waals surface area (Å²) < 4.78 is 5.67. The second-order valence-electron chi connectivity index (χ2n) is 5.08. The second kappa shape index (κ2) is 6.21. The average Bonchev–Trinajstić information content (AvgIpc) is 2.37. The van der Waals surface area contributed by atoms with Crippen LogP contribution in [-0.4, -0.2) is 24.9 Å². The number of benzene rings is 1. The van der Waals surface area contributed by atoms with Gasteiger partial charge in [0.15, 0.2) is 0 Å². The summed E-state index contributed by atoms with van der Waals surface area (Å²) in [4.78, 5) is 0. The van der Waals surface area contributed by atoms with Gasteiger partial charge in [-0.05, 0) is 56.5 Å². The van der Waals surface area contributed by atoms with Crippen molar-refractivity contribution >= 4 is 0 Å². The van der Waals surface area contributed by atoms with Crippen LogP contribution in [0.5, 0.6) is 5.75 Å². The van der Waals surface area contributed by atoms with Crippen LogP contribution in [0.2, 0.25) is 0 Å². The quantitative estimate of drug-likeness (QED) is 0.842. The standard InChI is InChI=1S/C15H23NO2/c1-11(17)8-9-18-13-6-7-14-12(10-13)4-3-5-15(14)16-2/h6-7,10-11,15-17H,3-5,8-9H2,1-2H3. The zero-order chi connectivity index (χ0) is 13.0. The van der Waals surface area contributed by atoms with Crippen molar-refractivity contribution in [3.05, 3.63) is 29.3 Å². The summed E-state index contributed by atoms with van der Waals surface area (Å²) in [6.45, 7) is 2.36. The molecule has 1 aromatic carbocycles. The number of nitrogens with one attached hydrogen (secondary N) is 1.